The normalized spacial score (nSPS) is 14.7. The van der Waals surface area contributed by atoms with E-state index < -0.39 is 22.8 Å². The summed E-state index contributed by atoms with van der Waals surface area (Å²) in [5.41, 5.74) is 0.768. The summed E-state index contributed by atoms with van der Waals surface area (Å²) in [5.74, 6) is -0.987. The molecule has 1 aliphatic rings. The molecule has 0 radical (unpaired) electrons. The highest BCUT2D eigenvalue weighted by Crippen LogP contribution is 2.40. The first-order valence-electron chi connectivity index (χ1n) is 11.3. The molecule has 12 heteroatoms. The number of amides is 4. The van der Waals surface area contributed by atoms with Gasteiger partial charge < -0.3 is 4.74 Å². The van der Waals surface area contributed by atoms with Crippen molar-refractivity contribution in [2.75, 3.05) is 11.5 Å². The van der Waals surface area contributed by atoms with Gasteiger partial charge in [-0.05, 0) is 55.0 Å². The van der Waals surface area contributed by atoms with Crippen LogP contribution < -0.4 is 15.0 Å². The lowest BCUT2D eigenvalue weighted by Gasteiger charge is -2.26. The number of para-hydroxylation sites is 1. The van der Waals surface area contributed by atoms with Crippen LogP contribution in [0.2, 0.25) is 0 Å². The minimum absolute atomic E-state index is 0.210. The highest BCUT2D eigenvalue weighted by Gasteiger charge is 2.36. The van der Waals surface area contributed by atoms with Crippen LogP contribution in [0.4, 0.5) is 16.2 Å². The van der Waals surface area contributed by atoms with Gasteiger partial charge in [-0.25, -0.2) is 14.7 Å². The lowest BCUT2D eigenvalue weighted by molar-refractivity contribution is -0.387. The van der Waals surface area contributed by atoms with Gasteiger partial charge in [0.15, 0.2) is 4.34 Å². The standard InChI is InChI=1S/C26H18N4O6S2/c1-2-36-17-9-10-19-22(14-17)38-26(27-19)37-21-11-8-15(13-20(21)30(34)35)12-18-23(31)28-25(33)29(24(18)32)16-6-4-3-5-7-16/h3-14H,2H2,1H3,(H,28,31,33)/b18-12+. The number of nitrogens with one attached hydrogen (secondary N) is 1. The Hall–Kier alpha value is -4.55. The maximum Gasteiger partial charge on any atom is 0.335 e. The van der Waals surface area contributed by atoms with Crippen molar-refractivity contribution in [1.29, 1.82) is 0 Å². The lowest BCUT2D eigenvalue weighted by Crippen LogP contribution is -2.54. The fraction of sp³-hybridized carbons (Fsp3) is 0.0769. The Balaban J connectivity index is 1.45. The van der Waals surface area contributed by atoms with E-state index in [0.29, 0.717) is 15.8 Å². The Morgan fingerprint density at radius 1 is 1.11 bits per heavy atom. The number of nitro groups is 1. The fourth-order valence-electron chi connectivity index (χ4n) is 3.77. The summed E-state index contributed by atoms with van der Waals surface area (Å²) in [7, 11) is 0. The number of ether oxygens (including phenoxy) is 1. The third-order valence-electron chi connectivity index (χ3n) is 5.46. The topological polar surface area (TPSA) is 132 Å². The minimum atomic E-state index is -0.880. The molecule has 1 N–H and O–H groups in total. The lowest BCUT2D eigenvalue weighted by atomic mass is 10.1. The first-order chi connectivity index (χ1) is 18.3. The number of anilines is 1. The van der Waals surface area contributed by atoms with E-state index in [0.717, 1.165) is 32.6 Å². The highest BCUT2D eigenvalue weighted by molar-refractivity contribution is 8.01. The number of nitro benzene ring substituents is 1. The first-order valence-corrected chi connectivity index (χ1v) is 12.9. The van der Waals surface area contributed by atoms with Crippen molar-refractivity contribution in [3.05, 3.63) is 88.0 Å². The number of nitrogens with zero attached hydrogens (tertiary/aromatic N) is 3. The van der Waals surface area contributed by atoms with Gasteiger partial charge in [-0.2, -0.15) is 0 Å². The van der Waals surface area contributed by atoms with Gasteiger partial charge in [0.2, 0.25) is 0 Å². The molecule has 0 unspecified atom stereocenters. The number of fused-ring (bicyclic) bond motifs is 1. The zero-order chi connectivity index (χ0) is 26.8. The van der Waals surface area contributed by atoms with E-state index in [9.17, 15) is 24.5 Å². The van der Waals surface area contributed by atoms with Crippen molar-refractivity contribution in [3.63, 3.8) is 0 Å². The maximum atomic E-state index is 13.1. The number of barbiturate groups is 1. The molecule has 0 spiro atoms. The van der Waals surface area contributed by atoms with Crippen LogP contribution in [0, 0.1) is 10.1 Å². The second-order valence-corrected chi connectivity index (χ2v) is 10.2. The van der Waals surface area contributed by atoms with Gasteiger partial charge in [0.05, 0.1) is 32.3 Å². The number of hydrogen-bond acceptors (Lipinski definition) is 9. The molecule has 2 heterocycles. The number of benzene rings is 3. The van der Waals surface area contributed by atoms with E-state index in [1.807, 2.05) is 25.1 Å². The number of rotatable bonds is 7. The summed E-state index contributed by atoms with van der Waals surface area (Å²) in [6.45, 7) is 2.43. The zero-order valence-corrected chi connectivity index (χ0v) is 21.4. The molecule has 190 valence electrons. The van der Waals surface area contributed by atoms with E-state index in [1.54, 1.807) is 36.4 Å². The summed E-state index contributed by atoms with van der Waals surface area (Å²) in [6.07, 6.45) is 1.23. The Bertz CT molecular complexity index is 1630. The van der Waals surface area contributed by atoms with E-state index in [1.165, 1.54) is 29.5 Å². The van der Waals surface area contributed by atoms with Crippen molar-refractivity contribution < 1.29 is 24.0 Å². The summed E-state index contributed by atoms with van der Waals surface area (Å²) in [5, 5.41) is 14.0. The van der Waals surface area contributed by atoms with Gasteiger partial charge in [0.25, 0.3) is 17.5 Å². The molecule has 0 atom stereocenters. The molecule has 4 amide bonds. The zero-order valence-electron chi connectivity index (χ0n) is 19.7. The molecule has 5 rings (SSSR count). The summed E-state index contributed by atoms with van der Waals surface area (Å²) in [4.78, 5) is 55.0. The molecule has 1 fully saturated rings. The van der Waals surface area contributed by atoms with Crippen LogP contribution in [0.1, 0.15) is 12.5 Å². The monoisotopic (exact) mass is 546 g/mol. The van der Waals surface area contributed by atoms with Crippen molar-refractivity contribution in [2.24, 2.45) is 0 Å². The molecule has 4 aromatic rings. The third-order valence-corrected chi connectivity index (χ3v) is 7.60. The highest BCUT2D eigenvalue weighted by atomic mass is 32.2. The molecule has 1 aliphatic heterocycles. The van der Waals surface area contributed by atoms with Gasteiger partial charge >= 0.3 is 6.03 Å². The SMILES string of the molecule is CCOc1ccc2nc(Sc3ccc(/C=C4\C(=O)NC(=O)N(c5ccccc5)C4=O)cc3[N+](=O)[O-])sc2c1. The van der Waals surface area contributed by atoms with E-state index in [-0.39, 0.29) is 22.5 Å². The molecule has 38 heavy (non-hydrogen) atoms. The van der Waals surface area contributed by atoms with Gasteiger partial charge in [-0.3, -0.25) is 25.0 Å². The fourth-order valence-corrected chi connectivity index (χ4v) is 5.90. The number of carbonyl (C=O) groups excluding carboxylic acids is 3. The minimum Gasteiger partial charge on any atom is -0.494 e. The number of hydrogen-bond donors (Lipinski definition) is 1. The van der Waals surface area contributed by atoms with E-state index in [2.05, 4.69) is 10.3 Å². The molecule has 3 aromatic carbocycles. The largest absolute Gasteiger partial charge is 0.494 e. The average Bonchev–Trinajstić information content (AvgIpc) is 3.29. The van der Waals surface area contributed by atoms with Crippen molar-refractivity contribution in [3.8, 4) is 5.75 Å². The smallest absolute Gasteiger partial charge is 0.335 e. The number of carbonyl (C=O) groups is 3. The van der Waals surface area contributed by atoms with Crippen LogP contribution in [0.5, 0.6) is 5.75 Å². The van der Waals surface area contributed by atoms with Gasteiger partial charge in [-0.15, -0.1) is 11.3 Å². The van der Waals surface area contributed by atoms with Crippen molar-refractivity contribution in [1.82, 2.24) is 10.3 Å². The number of urea groups is 1. The summed E-state index contributed by atoms with van der Waals surface area (Å²) < 4.78 is 7.03. The second kappa shape index (κ2) is 10.4. The third kappa shape index (κ3) is 4.99. The first kappa shape index (κ1) is 25.1. The Kier molecular flexibility index (Phi) is 6.90. The Morgan fingerprint density at radius 3 is 2.63 bits per heavy atom. The molecule has 10 nitrogen and oxygen atoms in total. The van der Waals surface area contributed by atoms with E-state index in [4.69, 9.17) is 4.74 Å². The predicted molar refractivity (Wildman–Crippen MR) is 143 cm³/mol. The predicted octanol–water partition coefficient (Wildman–Crippen LogP) is 5.42. The van der Waals surface area contributed by atoms with Crippen LogP contribution >= 0.6 is 23.1 Å². The number of thiazole rings is 1. The van der Waals surface area contributed by atoms with Crippen molar-refractivity contribution >= 4 is 68.6 Å². The summed E-state index contributed by atoms with van der Waals surface area (Å²) >= 11 is 2.53. The molecule has 0 aliphatic carbocycles. The average molecular weight is 547 g/mol. The molecule has 1 saturated heterocycles. The van der Waals surface area contributed by atoms with Gasteiger partial charge in [-0.1, -0.05) is 36.0 Å². The number of aromatic nitrogens is 1. The van der Waals surface area contributed by atoms with Gasteiger partial charge in [0.1, 0.15) is 11.3 Å². The molecular weight excluding hydrogens is 528 g/mol. The quantitative estimate of drug-likeness (QED) is 0.141. The number of imide groups is 2. The Morgan fingerprint density at radius 2 is 1.89 bits per heavy atom. The van der Waals surface area contributed by atoms with Crippen LogP contribution in [-0.4, -0.2) is 34.4 Å². The molecule has 1 aromatic heterocycles. The molecule has 0 bridgehead atoms. The molecular formula is C26H18N4O6S2. The van der Waals surface area contributed by atoms with Crippen LogP contribution in [0.25, 0.3) is 16.3 Å². The summed E-state index contributed by atoms with van der Waals surface area (Å²) in [6, 6.07) is 17.2. The van der Waals surface area contributed by atoms with Crippen LogP contribution in [0.3, 0.4) is 0 Å². The van der Waals surface area contributed by atoms with Crippen LogP contribution in [-0.2, 0) is 9.59 Å². The van der Waals surface area contributed by atoms with Gasteiger partial charge in [0, 0.05) is 6.07 Å². The van der Waals surface area contributed by atoms with E-state index >= 15 is 0 Å². The Labute approximate surface area is 224 Å². The second-order valence-electron chi connectivity index (χ2n) is 7.92. The maximum absolute atomic E-state index is 13.1. The van der Waals surface area contributed by atoms with Crippen LogP contribution in [0.15, 0.2) is 81.5 Å². The molecule has 0 saturated carbocycles. The van der Waals surface area contributed by atoms with Crippen molar-refractivity contribution in [2.45, 2.75) is 16.2 Å².